The van der Waals surface area contributed by atoms with E-state index in [0.29, 0.717) is 41.1 Å². The van der Waals surface area contributed by atoms with Crippen LogP contribution in [0.3, 0.4) is 0 Å². The largest absolute Gasteiger partial charge is 0.494 e. The van der Waals surface area contributed by atoms with E-state index >= 15 is 0 Å². The van der Waals surface area contributed by atoms with Gasteiger partial charge in [0.1, 0.15) is 5.75 Å². The lowest BCUT2D eigenvalue weighted by Gasteiger charge is -2.24. The van der Waals surface area contributed by atoms with Crippen molar-refractivity contribution in [3.05, 3.63) is 112 Å². The standard InChI is InChI=1S/C35H34N6O5S2/c1-4-46-25-17-15-24(16-18-25)40-31(21-36-34(43)23-10-6-5-7-11-23)37-38-35(40)48-22-32(42)41-28(20-27(39-41)30-14-9-19-47-30)26-12-8-13-29(44-2)33(26)45-3/h5-19,28H,4,20-22H2,1-3H3,(H,36,43)/t28-/m1/s1. The Balaban J connectivity index is 1.27. The number of hydrazone groups is 1. The molecule has 1 aliphatic heterocycles. The number of thiophene rings is 1. The number of nitrogens with zero attached hydrogens (tertiary/aromatic N) is 5. The Morgan fingerprint density at radius 2 is 1.77 bits per heavy atom. The molecule has 0 spiro atoms. The van der Waals surface area contributed by atoms with Crippen molar-refractivity contribution in [1.82, 2.24) is 25.1 Å². The van der Waals surface area contributed by atoms with Gasteiger partial charge >= 0.3 is 0 Å². The summed E-state index contributed by atoms with van der Waals surface area (Å²) in [5.74, 6) is 1.99. The van der Waals surface area contributed by atoms with Gasteiger partial charge in [-0.05, 0) is 60.8 Å². The van der Waals surface area contributed by atoms with E-state index in [1.807, 2.05) is 89.7 Å². The maximum absolute atomic E-state index is 14.0. The van der Waals surface area contributed by atoms with Gasteiger partial charge in [-0.25, -0.2) is 5.01 Å². The van der Waals surface area contributed by atoms with Gasteiger partial charge in [-0.2, -0.15) is 5.10 Å². The van der Waals surface area contributed by atoms with E-state index in [9.17, 15) is 9.59 Å². The van der Waals surface area contributed by atoms with E-state index in [4.69, 9.17) is 19.3 Å². The topological polar surface area (TPSA) is 120 Å². The number of carbonyl (C=O) groups excluding carboxylic acids is 2. The van der Waals surface area contributed by atoms with Crippen LogP contribution in [0.25, 0.3) is 5.69 Å². The Bertz CT molecular complexity index is 1890. The Hall–Kier alpha value is -5.14. The average Bonchev–Trinajstić information content (AvgIpc) is 3.90. The third-order valence-corrected chi connectivity index (χ3v) is 9.47. The highest BCUT2D eigenvalue weighted by Crippen LogP contribution is 2.42. The maximum atomic E-state index is 14.0. The number of benzene rings is 3. The monoisotopic (exact) mass is 682 g/mol. The molecular weight excluding hydrogens is 649 g/mol. The van der Waals surface area contributed by atoms with Crippen molar-refractivity contribution >= 4 is 40.6 Å². The smallest absolute Gasteiger partial charge is 0.253 e. The van der Waals surface area contributed by atoms with Crippen LogP contribution in [-0.2, 0) is 11.3 Å². The van der Waals surface area contributed by atoms with Crippen LogP contribution < -0.4 is 19.5 Å². The molecule has 1 atom stereocenters. The van der Waals surface area contributed by atoms with Gasteiger partial charge in [0, 0.05) is 23.2 Å². The molecule has 0 unspecified atom stereocenters. The number of ether oxygens (including phenoxy) is 3. The van der Waals surface area contributed by atoms with E-state index in [1.54, 1.807) is 37.7 Å². The molecule has 48 heavy (non-hydrogen) atoms. The molecule has 0 saturated carbocycles. The van der Waals surface area contributed by atoms with Gasteiger partial charge in [-0.3, -0.25) is 14.2 Å². The minimum absolute atomic E-state index is 0.0372. The van der Waals surface area contributed by atoms with E-state index in [1.165, 1.54) is 16.8 Å². The van der Waals surface area contributed by atoms with Crippen molar-refractivity contribution in [1.29, 1.82) is 0 Å². The quantitative estimate of drug-likeness (QED) is 0.147. The number of para-hydroxylation sites is 1. The van der Waals surface area contributed by atoms with Crippen molar-refractivity contribution in [3.8, 4) is 22.9 Å². The Labute approximate surface area is 286 Å². The van der Waals surface area contributed by atoms with Crippen LogP contribution in [0.5, 0.6) is 17.2 Å². The fourth-order valence-electron chi connectivity index (χ4n) is 5.42. The van der Waals surface area contributed by atoms with Gasteiger partial charge < -0.3 is 19.5 Å². The van der Waals surface area contributed by atoms with Crippen LogP contribution in [0.4, 0.5) is 0 Å². The Morgan fingerprint density at radius 3 is 2.48 bits per heavy atom. The second-order valence-electron chi connectivity index (χ2n) is 10.6. The predicted octanol–water partition coefficient (Wildman–Crippen LogP) is 6.14. The van der Waals surface area contributed by atoms with Gasteiger partial charge in [0.2, 0.25) is 0 Å². The lowest BCUT2D eigenvalue weighted by molar-refractivity contribution is -0.130. The van der Waals surface area contributed by atoms with Gasteiger partial charge in [0.25, 0.3) is 11.8 Å². The summed E-state index contributed by atoms with van der Waals surface area (Å²) in [4.78, 5) is 27.8. The molecule has 11 nitrogen and oxygen atoms in total. The molecule has 2 aromatic heterocycles. The highest BCUT2D eigenvalue weighted by atomic mass is 32.2. The molecular formula is C35H34N6O5S2. The summed E-state index contributed by atoms with van der Waals surface area (Å²) in [7, 11) is 3.18. The number of rotatable bonds is 13. The Kier molecular flexibility index (Phi) is 10.4. The van der Waals surface area contributed by atoms with Gasteiger partial charge in [-0.15, -0.1) is 21.5 Å². The number of hydrogen-bond donors (Lipinski definition) is 1. The van der Waals surface area contributed by atoms with Gasteiger partial charge in [0.05, 0.1) is 49.8 Å². The van der Waals surface area contributed by atoms with Crippen LogP contribution in [0, 0.1) is 0 Å². The molecule has 0 saturated heterocycles. The maximum Gasteiger partial charge on any atom is 0.253 e. The molecule has 1 N–H and O–H groups in total. The van der Waals surface area contributed by atoms with Crippen molar-refractivity contribution < 1.29 is 23.8 Å². The SMILES string of the molecule is CCOc1ccc(-n2c(CNC(=O)c3ccccc3)nnc2SCC(=O)N2N=C(c3cccs3)C[C@@H]2c2cccc(OC)c2OC)cc1. The molecule has 246 valence electrons. The normalized spacial score (nSPS) is 14.0. The summed E-state index contributed by atoms with van der Waals surface area (Å²) in [5, 5.41) is 20.6. The minimum Gasteiger partial charge on any atom is -0.494 e. The van der Waals surface area contributed by atoms with Crippen LogP contribution in [0.2, 0.25) is 0 Å². The molecule has 5 aromatic rings. The number of aromatic nitrogens is 3. The number of nitrogens with one attached hydrogen (secondary N) is 1. The third-order valence-electron chi connectivity index (χ3n) is 7.64. The second kappa shape index (κ2) is 15.2. The number of carbonyl (C=O) groups is 2. The van der Waals surface area contributed by atoms with Crippen molar-refractivity contribution in [2.24, 2.45) is 5.10 Å². The van der Waals surface area contributed by atoms with Crippen molar-refractivity contribution in [2.45, 2.75) is 31.1 Å². The average molecular weight is 683 g/mol. The number of methoxy groups -OCH3 is 2. The van der Waals surface area contributed by atoms with Crippen LogP contribution >= 0.6 is 23.1 Å². The van der Waals surface area contributed by atoms with E-state index in [2.05, 4.69) is 15.5 Å². The molecule has 0 aliphatic carbocycles. The summed E-state index contributed by atoms with van der Waals surface area (Å²) >= 11 is 2.83. The number of thioether (sulfide) groups is 1. The first-order valence-electron chi connectivity index (χ1n) is 15.3. The van der Waals surface area contributed by atoms with Crippen LogP contribution in [0.1, 0.15) is 46.0 Å². The van der Waals surface area contributed by atoms with E-state index < -0.39 is 6.04 Å². The highest BCUT2D eigenvalue weighted by Gasteiger charge is 2.36. The lowest BCUT2D eigenvalue weighted by Crippen LogP contribution is -2.29. The molecule has 0 fully saturated rings. The third kappa shape index (κ3) is 7.06. The first-order chi connectivity index (χ1) is 23.5. The van der Waals surface area contributed by atoms with Crippen molar-refractivity contribution in [3.63, 3.8) is 0 Å². The van der Waals surface area contributed by atoms with E-state index in [0.717, 1.165) is 27.6 Å². The molecule has 3 aromatic carbocycles. The fourth-order valence-corrected chi connectivity index (χ4v) is 6.96. The minimum atomic E-state index is -0.395. The van der Waals surface area contributed by atoms with Crippen LogP contribution in [-0.4, -0.2) is 63.9 Å². The first kappa shape index (κ1) is 32.8. The Morgan fingerprint density at radius 1 is 0.958 bits per heavy atom. The molecule has 1 aliphatic rings. The highest BCUT2D eigenvalue weighted by molar-refractivity contribution is 7.99. The van der Waals surface area contributed by atoms with Crippen molar-refractivity contribution in [2.75, 3.05) is 26.6 Å². The van der Waals surface area contributed by atoms with Gasteiger partial charge in [-0.1, -0.05) is 48.2 Å². The zero-order valence-corrected chi connectivity index (χ0v) is 28.3. The fraction of sp³-hybridized carbons (Fsp3) is 0.229. The molecule has 13 heteroatoms. The second-order valence-corrected chi connectivity index (χ2v) is 12.5. The zero-order chi connectivity index (χ0) is 33.5. The number of hydrogen-bond acceptors (Lipinski definition) is 10. The summed E-state index contributed by atoms with van der Waals surface area (Å²) in [6.07, 6.45) is 0.522. The van der Waals surface area contributed by atoms with E-state index in [-0.39, 0.29) is 24.1 Å². The molecule has 2 amide bonds. The number of amides is 2. The van der Waals surface area contributed by atoms with Gasteiger partial charge in [0.15, 0.2) is 22.5 Å². The summed E-state index contributed by atoms with van der Waals surface area (Å²) in [5.41, 5.74) is 2.94. The zero-order valence-electron chi connectivity index (χ0n) is 26.7. The molecule has 6 rings (SSSR count). The van der Waals surface area contributed by atoms with Crippen LogP contribution in [0.15, 0.2) is 101 Å². The summed E-state index contributed by atoms with van der Waals surface area (Å²) in [6.45, 7) is 2.60. The summed E-state index contributed by atoms with van der Waals surface area (Å²) in [6, 6.07) is 25.7. The molecule has 0 bridgehead atoms. The molecule has 0 radical (unpaired) electrons. The lowest BCUT2D eigenvalue weighted by atomic mass is 9.99. The first-order valence-corrected chi connectivity index (χ1v) is 17.1. The predicted molar refractivity (Wildman–Crippen MR) is 185 cm³/mol. The summed E-state index contributed by atoms with van der Waals surface area (Å²) < 4.78 is 18.8. The molecule has 3 heterocycles.